The van der Waals surface area contributed by atoms with Crippen LogP contribution in [0.5, 0.6) is 11.5 Å². The summed E-state index contributed by atoms with van der Waals surface area (Å²) in [6.45, 7) is 8.39. The van der Waals surface area contributed by atoms with Gasteiger partial charge in [0.15, 0.2) is 0 Å². The number of carbonyl (C=O) groups excluding carboxylic acids is 4. The molecule has 0 aliphatic heterocycles. The SMILES string of the molecule is C=CC(=O)OCCCCOc1ccc(/C=C/C(=O)Sc2ccc(SC(=O)/C=C/c3ccc(OCCCCOC(=O)C=C)cc3)cc2)cc1. The Morgan fingerprint density at radius 2 is 0.875 bits per heavy atom. The van der Waals surface area contributed by atoms with E-state index < -0.39 is 11.9 Å². The summed E-state index contributed by atoms with van der Waals surface area (Å²) in [6, 6.07) is 22.1. The van der Waals surface area contributed by atoms with Crippen LogP contribution < -0.4 is 9.47 Å². The van der Waals surface area contributed by atoms with Crippen molar-refractivity contribution < 1.29 is 38.1 Å². The van der Waals surface area contributed by atoms with Crippen LogP contribution >= 0.6 is 23.5 Å². The highest BCUT2D eigenvalue weighted by Gasteiger charge is 2.05. The van der Waals surface area contributed by atoms with Crippen LogP contribution in [0.4, 0.5) is 0 Å². The third-order valence-electron chi connectivity index (χ3n) is 6.28. The highest BCUT2D eigenvalue weighted by Crippen LogP contribution is 2.26. The predicted molar refractivity (Wildman–Crippen MR) is 191 cm³/mol. The van der Waals surface area contributed by atoms with Gasteiger partial charge in [-0.3, -0.25) is 9.59 Å². The van der Waals surface area contributed by atoms with Crippen LogP contribution in [-0.2, 0) is 28.7 Å². The molecule has 48 heavy (non-hydrogen) atoms. The molecule has 3 aromatic rings. The van der Waals surface area contributed by atoms with E-state index in [-0.39, 0.29) is 10.2 Å². The van der Waals surface area contributed by atoms with Gasteiger partial charge in [-0.2, -0.15) is 0 Å². The summed E-state index contributed by atoms with van der Waals surface area (Å²) in [5.74, 6) is 0.590. The van der Waals surface area contributed by atoms with Crippen LogP contribution in [-0.4, -0.2) is 48.6 Å². The molecule has 0 bridgehead atoms. The van der Waals surface area contributed by atoms with Crippen LogP contribution in [0.15, 0.2) is 120 Å². The maximum Gasteiger partial charge on any atom is 0.330 e. The molecular weight excluding hydrogens is 649 g/mol. The van der Waals surface area contributed by atoms with E-state index in [1.807, 2.05) is 72.8 Å². The highest BCUT2D eigenvalue weighted by atomic mass is 32.2. The van der Waals surface area contributed by atoms with Crippen molar-refractivity contribution in [3.63, 3.8) is 0 Å². The molecule has 0 aliphatic rings. The molecule has 0 unspecified atom stereocenters. The minimum Gasteiger partial charge on any atom is -0.494 e. The number of thioether (sulfide) groups is 2. The summed E-state index contributed by atoms with van der Waals surface area (Å²) in [5.41, 5.74) is 1.74. The third-order valence-corrected chi connectivity index (χ3v) is 7.97. The van der Waals surface area contributed by atoms with E-state index in [0.29, 0.717) is 39.3 Å². The predicted octanol–water partition coefficient (Wildman–Crippen LogP) is 8.13. The number of ether oxygens (including phenoxy) is 4. The molecule has 0 heterocycles. The van der Waals surface area contributed by atoms with Gasteiger partial charge in [-0.25, -0.2) is 9.59 Å². The molecule has 0 radical (unpaired) electrons. The van der Waals surface area contributed by atoms with Crippen molar-refractivity contribution >= 4 is 57.8 Å². The molecule has 8 nitrogen and oxygen atoms in total. The molecule has 3 rings (SSSR count). The second kappa shape index (κ2) is 21.9. The minimum absolute atomic E-state index is 0.116. The number of unbranched alkanes of at least 4 members (excludes halogenated alkanes) is 2. The first-order valence-electron chi connectivity index (χ1n) is 15.3. The largest absolute Gasteiger partial charge is 0.494 e. The molecule has 0 aliphatic carbocycles. The van der Waals surface area contributed by atoms with E-state index in [1.165, 1.54) is 12.2 Å². The first-order valence-corrected chi connectivity index (χ1v) is 16.9. The molecule has 0 saturated heterocycles. The van der Waals surface area contributed by atoms with Gasteiger partial charge in [0.25, 0.3) is 0 Å². The molecule has 3 aromatic carbocycles. The number of benzene rings is 3. The van der Waals surface area contributed by atoms with E-state index in [0.717, 1.165) is 80.9 Å². The van der Waals surface area contributed by atoms with Gasteiger partial charge in [-0.05, 0) is 121 Å². The van der Waals surface area contributed by atoms with Gasteiger partial charge in [0, 0.05) is 21.9 Å². The van der Waals surface area contributed by atoms with Crippen LogP contribution in [0.25, 0.3) is 12.2 Å². The average molecular weight is 687 g/mol. The Bertz CT molecular complexity index is 1440. The number of hydrogen-bond donors (Lipinski definition) is 0. The molecule has 0 N–H and O–H groups in total. The summed E-state index contributed by atoms with van der Waals surface area (Å²) in [4.78, 5) is 48.5. The molecule has 0 aromatic heterocycles. The van der Waals surface area contributed by atoms with Crippen molar-refractivity contribution in [2.24, 2.45) is 0 Å². The highest BCUT2D eigenvalue weighted by molar-refractivity contribution is 8.14. The number of rotatable bonds is 20. The van der Waals surface area contributed by atoms with Gasteiger partial charge < -0.3 is 18.9 Å². The fraction of sp³-hybridized carbons (Fsp3) is 0.211. The van der Waals surface area contributed by atoms with Crippen molar-refractivity contribution in [2.75, 3.05) is 26.4 Å². The number of esters is 2. The summed E-state index contributed by atoms with van der Waals surface area (Å²) >= 11 is 2.21. The van der Waals surface area contributed by atoms with Crippen molar-refractivity contribution in [1.82, 2.24) is 0 Å². The molecular formula is C38H38O8S2. The molecule has 0 amide bonds. The van der Waals surface area contributed by atoms with Crippen LogP contribution in [0.2, 0.25) is 0 Å². The minimum atomic E-state index is -0.425. The lowest BCUT2D eigenvalue weighted by molar-refractivity contribution is -0.138. The molecule has 0 atom stereocenters. The van der Waals surface area contributed by atoms with Gasteiger partial charge in [0.05, 0.1) is 26.4 Å². The summed E-state index contributed by atoms with van der Waals surface area (Å²) in [6.07, 6.45) is 11.7. The van der Waals surface area contributed by atoms with Gasteiger partial charge in [0.2, 0.25) is 10.2 Å². The van der Waals surface area contributed by atoms with Gasteiger partial charge in [0.1, 0.15) is 11.5 Å². The van der Waals surface area contributed by atoms with E-state index in [2.05, 4.69) is 13.2 Å². The molecule has 0 saturated carbocycles. The first-order chi connectivity index (χ1) is 23.3. The lowest BCUT2D eigenvalue weighted by Crippen LogP contribution is -2.04. The third kappa shape index (κ3) is 15.7. The topological polar surface area (TPSA) is 105 Å². The van der Waals surface area contributed by atoms with E-state index in [1.54, 1.807) is 12.2 Å². The monoisotopic (exact) mass is 686 g/mol. The quantitative estimate of drug-likeness (QED) is 0.0501. The number of carbonyl (C=O) groups is 4. The zero-order chi connectivity index (χ0) is 34.4. The van der Waals surface area contributed by atoms with E-state index >= 15 is 0 Å². The lowest BCUT2D eigenvalue weighted by atomic mass is 10.2. The normalized spacial score (nSPS) is 10.8. The Balaban J connectivity index is 1.33. The van der Waals surface area contributed by atoms with Gasteiger partial charge in [-0.1, -0.05) is 49.6 Å². The standard InChI is InChI=1S/C38H38O8S2/c1-3-35(39)45-27-7-5-25-43-31-15-9-29(10-16-31)13-23-37(41)47-33-19-21-34(22-20-33)48-38(42)24-14-30-11-17-32(18-12-30)44-26-6-8-28-46-36(40)4-2/h3-4,9-24H,1-2,5-8,25-28H2/b23-13+,24-14+. The van der Waals surface area contributed by atoms with Crippen molar-refractivity contribution in [2.45, 2.75) is 35.5 Å². The van der Waals surface area contributed by atoms with Crippen molar-refractivity contribution in [3.05, 3.63) is 121 Å². The molecule has 10 heteroatoms. The van der Waals surface area contributed by atoms with Gasteiger partial charge >= 0.3 is 11.9 Å². The Kier molecular flexibility index (Phi) is 17.2. The summed E-state index contributed by atoms with van der Waals surface area (Å²) < 4.78 is 21.3. The van der Waals surface area contributed by atoms with E-state index in [9.17, 15) is 19.2 Å². The van der Waals surface area contributed by atoms with Crippen LogP contribution in [0, 0.1) is 0 Å². The van der Waals surface area contributed by atoms with E-state index in [4.69, 9.17) is 18.9 Å². The molecule has 0 fully saturated rings. The number of hydrogen-bond acceptors (Lipinski definition) is 10. The Morgan fingerprint density at radius 1 is 0.521 bits per heavy atom. The second-order valence-corrected chi connectivity index (χ2v) is 12.1. The Morgan fingerprint density at radius 3 is 1.23 bits per heavy atom. The van der Waals surface area contributed by atoms with Crippen LogP contribution in [0.1, 0.15) is 36.8 Å². The fourth-order valence-corrected chi connectivity index (χ4v) is 5.09. The van der Waals surface area contributed by atoms with Crippen molar-refractivity contribution in [1.29, 1.82) is 0 Å². The lowest BCUT2D eigenvalue weighted by Gasteiger charge is -2.06. The molecule has 250 valence electrons. The average Bonchev–Trinajstić information content (AvgIpc) is 3.11. The zero-order valence-corrected chi connectivity index (χ0v) is 28.2. The van der Waals surface area contributed by atoms with Crippen molar-refractivity contribution in [3.8, 4) is 11.5 Å². The Hall–Kier alpha value is -4.80. The first kappa shape index (κ1) is 37.7. The second-order valence-electron chi connectivity index (χ2n) is 9.97. The summed E-state index contributed by atoms with van der Waals surface area (Å²) in [5, 5.41) is -0.232. The van der Waals surface area contributed by atoms with Gasteiger partial charge in [-0.15, -0.1) is 0 Å². The zero-order valence-electron chi connectivity index (χ0n) is 26.5. The van der Waals surface area contributed by atoms with Crippen LogP contribution in [0.3, 0.4) is 0 Å². The summed E-state index contributed by atoms with van der Waals surface area (Å²) in [7, 11) is 0. The fourth-order valence-electron chi connectivity index (χ4n) is 3.81. The Labute approximate surface area is 289 Å². The maximum atomic E-state index is 12.5. The smallest absolute Gasteiger partial charge is 0.330 e. The molecule has 0 spiro atoms. The maximum absolute atomic E-state index is 12.5.